The molecule has 1 aliphatic carbocycles. The monoisotopic (exact) mass is 763 g/mol. The molecule has 5 rings (SSSR count). The van der Waals surface area contributed by atoms with Gasteiger partial charge in [0.15, 0.2) is 11.5 Å². The van der Waals surface area contributed by atoms with Gasteiger partial charge in [-0.25, -0.2) is 8.42 Å². The van der Waals surface area contributed by atoms with Crippen LogP contribution in [0.2, 0.25) is 5.02 Å². The molecule has 0 aromatic heterocycles. The summed E-state index contributed by atoms with van der Waals surface area (Å²) in [5, 5.41) is 3.62. The molecule has 0 spiro atoms. The van der Waals surface area contributed by atoms with Gasteiger partial charge >= 0.3 is 0 Å². The zero-order chi connectivity index (χ0) is 38.0. The van der Waals surface area contributed by atoms with E-state index >= 15 is 4.79 Å². The molecule has 0 aliphatic heterocycles. The molecule has 0 saturated heterocycles. The highest BCUT2D eigenvalue weighted by Crippen LogP contribution is 2.38. The molecule has 11 nitrogen and oxygen atoms in total. The van der Waals surface area contributed by atoms with Crippen molar-refractivity contribution in [3.8, 4) is 23.0 Å². The lowest BCUT2D eigenvalue weighted by molar-refractivity contribution is -0.140. The summed E-state index contributed by atoms with van der Waals surface area (Å²) in [6.45, 7) is -0.764. The number of ether oxygens (including phenoxy) is 4. The quantitative estimate of drug-likeness (QED) is 0.135. The number of sulfonamides is 1. The Balaban J connectivity index is 1.64. The average molecular weight is 764 g/mol. The van der Waals surface area contributed by atoms with E-state index in [0.29, 0.717) is 22.1 Å². The third-order valence-electron chi connectivity index (χ3n) is 9.40. The average Bonchev–Trinajstić information content (AvgIpc) is 3.18. The van der Waals surface area contributed by atoms with E-state index in [9.17, 15) is 13.2 Å². The first-order valence-electron chi connectivity index (χ1n) is 17.4. The van der Waals surface area contributed by atoms with E-state index in [1.807, 2.05) is 30.3 Å². The largest absolute Gasteiger partial charge is 0.497 e. The summed E-state index contributed by atoms with van der Waals surface area (Å²) < 4.78 is 52.4. The van der Waals surface area contributed by atoms with E-state index in [2.05, 4.69) is 5.32 Å². The Kier molecular flexibility index (Phi) is 13.5. The Morgan fingerprint density at radius 3 is 2.11 bits per heavy atom. The Labute approximate surface area is 316 Å². The molecular formula is C40H46ClN3O8S. The van der Waals surface area contributed by atoms with Crippen LogP contribution in [0.25, 0.3) is 0 Å². The van der Waals surface area contributed by atoms with Crippen molar-refractivity contribution in [1.29, 1.82) is 0 Å². The predicted molar refractivity (Wildman–Crippen MR) is 205 cm³/mol. The van der Waals surface area contributed by atoms with Gasteiger partial charge in [0.2, 0.25) is 11.8 Å². The SMILES string of the molecule is COc1ccc(OC)c(N(CC(=O)N(Cc2ccccc2Cl)C(Cc2ccccc2)C(=O)NC2CCCCC2)S(=O)(=O)c2ccc(OC)c(OC)c2)c1. The highest BCUT2D eigenvalue weighted by Gasteiger charge is 2.37. The number of carbonyl (C=O) groups excluding carboxylic acids is 2. The first kappa shape index (κ1) is 39.3. The number of hydrogen-bond acceptors (Lipinski definition) is 8. The summed E-state index contributed by atoms with van der Waals surface area (Å²) in [5.74, 6) is 0.0541. The van der Waals surface area contributed by atoms with E-state index in [1.54, 1.807) is 36.4 Å². The number of benzene rings is 4. The Morgan fingerprint density at radius 2 is 1.45 bits per heavy atom. The lowest BCUT2D eigenvalue weighted by atomic mass is 9.94. The molecule has 2 amide bonds. The van der Waals surface area contributed by atoms with E-state index in [4.69, 9.17) is 30.5 Å². The van der Waals surface area contributed by atoms with Crippen LogP contribution >= 0.6 is 11.6 Å². The fourth-order valence-electron chi connectivity index (χ4n) is 6.52. The number of rotatable bonds is 16. The Hall–Kier alpha value is -4.94. The molecule has 1 aliphatic rings. The van der Waals surface area contributed by atoms with E-state index in [0.717, 1.165) is 42.0 Å². The van der Waals surface area contributed by atoms with Crippen LogP contribution in [0.15, 0.2) is 95.9 Å². The molecule has 4 aromatic carbocycles. The van der Waals surface area contributed by atoms with Gasteiger partial charge in [-0.2, -0.15) is 0 Å². The summed E-state index contributed by atoms with van der Waals surface area (Å²) in [4.78, 5) is 30.7. The fraction of sp³-hybridized carbons (Fsp3) is 0.350. The molecule has 13 heteroatoms. The zero-order valence-corrected chi connectivity index (χ0v) is 32.0. The van der Waals surface area contributed by atoms with Gasteiger partial charge in [-0.1, -0.05) is 79.4 Å². The third-order valence-corrected chi connectivity index (χ3v) is 11.5. The number of halogens is 1. The minimum atomic E-state index is -4.52. The highest BCUT2D eigenvalue weighted by molar-refractivity contribution is 7.92. The molecule has 0 radical (unpaired) electrons. The normalized spacial score (nSPS) is 13.8. The number of carbonyl (C=O) groups is 2. The van der Waals surface area contributed by atoms with E-state index < -0.39 is 28.5 Å². The summed E-state index contributed by atoms with van der Waals surface area (Å²) in [6.07, 6.45) is 4.98. The van der Waals surface area contributed by atoms with Gasteiger partial charge in [-0.3, -0.25) is 13.9 Å². The second-order valence-corrected chi connectivity index (χ2v) is 15.0. The van der Waals surface area contributed by atoms with Crippen LogP contribution in [-0.2, 0) is 32.6 Å². The molecule has 1 unspecified atom stereocenters. The lowest BCUT2D eigenvalue weighted by Gasteiger charge is -2.35. The molecule has 53 heavy (non-hydrogen) atoms. The van der Waals surface area contributed by atoms with Crippen LogP contribution < -0.4 is 28.6 Å². The van der Waals surface area contributed by atoms with Crippen molar-refractivity contribution in [3.05, 3.63) is 107 Å². The number of hydrogen-bond donors (Lipinski definition) is 1. The van der Waals surface area contributed by atoms with Crippen molar-refractivity contribution < 1.29 is 37.0 Å². The van der Waals surface area contributed by atoms with E-state index in [-0.39, 0.29) is 47.0 Å². The van der Waals surface area contributed by atoms with Crippen LogP contribution in [0, 0.1) is 0 Å². The topological polar surface area (TPSA) is 124 Å². The maximum atomic E-state index is 15.0. The first-order chi connectivity index (χ1) is 25.6. The summed E-state index contributed by atoms with van der Waals surface area (Å²) in [5.41, 5.74) is 1.48. The van der Waals surface area contributed by atoms with Crippen molar-refractivity contribution in [2.24, 2.45) is 0 Å². The maximum absolute atomic E-state index is 15.0. The third kappa shape index (κ3) is 9.54. The minimum Gasteiger partial charge on any atom is -0.497 e. The van der Waals surface area contributed by atoms with Crippen LogP contribution in [-0.4, -0.2) is 72.2 Å². The Bertz CT molecular complexity index is 1970. The number of amides is 2. The molecule has 4 aromatic rings. The molecule has 1 N–H and O–H groups in total. The molecule has 282 valence electrons. The van der Waals surface area contributed by atoms with Gasteiger partial charge in [-0.05, 0) is 54.3 Å². The standard InChI is InChI=1S/C40H46ClN3O8S/c1-49-31-19-21-36(50-2)34(24-31)44(53(47,48)32-20-22-37(51-3)38(25-32)52-4)27-39(45)43(26-29-15-11-12-18-33(29)41)35(23-28-13-7-5-8-14-28)40(46)42-30-16-9-6-10-17-30/h5,7-8,11-15,18-22,24-25,30,35H,6,9-10,16-17,23,26-27H2,1-4H3,(H,42,46). The summed E-state index contributed by atoms with van der Waals surface area (Å²) in [6, 6.07) is 24.3. The van der Waals surface area contributed by atoms with Gasteiger partial charge in [-0.15, -0.1) is 0 Å². The second kappa shape index (κ2) is 18.2. The molecule has 0 heterocycles. The first-order valence-corrected chi connectivity index (χ1v) is 19.2. The van der Waals surface area contributed by atoms with Crippen LogP contribution in [0.3, 0.4) is 0 Å². The van der Waals surface area contributed by atoms with Crippen LogP contribution in [0.4, 0.5) is 5.69 Å². The lowest BCUT2D eigenvalue weighted by Crippen LogP contribution is -2.55. The van der Waals surface area contributed by atoms with Crippen molar-refractivity contribution in [2.75, 3.05) is 39.3 Å². The molecule has 1 saturated carbocycles. The maximum Gasteiger partial charge on any atom is 0.265 e. The number of methoxy groups -OCH3 is 4. The molecule has 1 fully saturated rings. The summed E-state index contributed by atoms with van der Waals surface area (Å²) in [7, 11) is 1.19. The highest BCUT2D eigenvalue weighted by atomic mass is 35.5. The van der Waals surface area contributed by atoms with Crippen molar-refractivity contribution in [1.82, 2.24) is 10.2 Å². The van der Waals surface area contributed by atoms with Crippen molar-refractivity contribution in [2.45, 2.75) is 62.0 Å². The van der Waals surface area contributed by atoms with Gasteiger partial charge in [0, 0.05) is 36.2 Å². The van der Waals surface area contributed by atoms with Crippen molar-refractivity contribution >= 4 is 39.1 Å². The number of nitrogens with one attached hydrogen (secondary N) is 1. The van der Waals surface area contributed by atoms with Crippen molar-refractivity contribution in [3.63, 3.8) is 0 Å². The fourth-order valence-corrected chi connectivity index (χ4v) is 8.15. The second-order valence-electron chi connectivity index (χ2n) is 12.7. The number of anilines is 1. The van der Waals surface area contributed by atoms with Gasteiger partial charge in [0.05, 0.1) is 39.0 Å². The predicted octanol–water partition coefficient (Wildman–Crippen LogP) is 6.66. The van der Waals surface area contributed by atoms with Gasteiger partial charge < -0.3 is 29.2 Å². The minimum absolute atomic E-state index is 0.0326. The van der Waals surface area contributed by atoms with Crippen LogP contribution in [0.5, 0.6) is 23.0 Å². The molecule has 0 bridgehead atoms. The molecule has 1 atom stereocenters. The summed E-state index contributed by atoms with van der Waals surface area (Å²) >= 11 is 6.66. The number of nitrogens with zero attached hydrogens (tertiary/aromatic N) is 2. The Morgan fingerprint density at radius 1 is 0.792 bits per heavy atom. The smallest absolute Gasteiger partial charge is 0.265 e. The zero-order valence-electron chi connectivity index (χ0n) is 30.4. The van der Waals surface area contributed by atoms with Gasteiger partial charge in [0.1, 0.15) is 24.1 Å². The van der Waals surface area contributed by atoms with Crippen LogP contribution in [0.1, 0.15) is 43.2 Å². The van der Waals surface area contributed by atoms with Gasteiger partial charge in [0.25, 0.3) is 10.0 Å². The molecular weight excluding hydrogens is 718 g/mol. The van der Waals surface area contributed by atoms with E-state index in [1.165, 1.54) is 57.6 Å².